The summed E-state index contributed by atoms with van der Waals surface area (Å²) in [6.07, 6.45) is 1.28. The Bertz CT molecular complexity index is 678. The van der Waals surface area contributed by atoms with Gasteiger partial charge in [0.15, 0.2) is 11.9 Å². The van der Waals surface area contributed by atoms with Gasteiger partial charge in [-0.1, -0.05) is 18.2 Å². The number of cyclic esters (lactones) is 1. The van der Waals surface area contributed by atoms with Gasteiger partial charge in [-0.2, -0.15) is 5.10 Å². The van der Waals surface area contributed by atoms with Gasteiger partial charge in [0, 0.05) is 25.7 Å². The fourth-order valence-electron chi connectivity index (χ4n) is 2.17. The van der Waals surface area contributed by atoms with Crippen molar-refractivity contribution in [1.82, 2.24) is 9.78 Å². The number of aromatic nitrogens is 2. The van der Waals surface area contributed by atoms with E-state index in [1.807, 2.05) is 12.1 Å². The van der Waals surface area contributed by atoms with Gasteiger partial charge in [-0.05, 0) is 11.6 Å². The van der Waals surface area contributed by atoms with Crippen LogP contribution in [0.2, 0.25) is 0 Å². The number of benzene rings is 1. The van der Waals surface area contributed by atoms with Crippen LogP contribution in [-0.2, 0) is 23.0 Å². The first-order valence-electron chi connectivity index (χ1n) is 6.23. The zero-order valence-corrected chi connectivity index (χ0v) is 10.9. The maximum absolute atomic E-state index is 12.1. The van der Waals surface area contributed by atoms with Crippen LogP contribution in [0.4, 0.5) is 5.82 Å². The van der Waals surface area contributed by atoms with Gasteiger partial charge in [0.1, 0.15) is 0 Å². The Kier molecular flexibility index (Phi) is 2.98. The third kappa shape index (κ3) is 2.27. The van der Waals surface area contributed by atoms with E-state index >= 15 is 0 Å². The van der Waals surface area contributed by atoms with Crippen molar-refractivity contribution < 1.29 is 14.3 Å². The molecule has 102 valence electrons. The highest BCUT2D eigenvalue weighted by molar-refractivity contribution is 5.99. The number of ether oxygens (including phenoxy) is 1. The molecule has 1 amide bonds. The number of esters is 1. The highest BCUT2D eigenvalue weighted by Crippen LogP contribution is 2.21. The summed E-state index contributed by atoms with van der Waals surface area (Å²) in [5, 5.41) is 6.69. The number of aryl methyl sites for hydroxylation is 1. The molecule has 3 rings (SSSR count). The summed E-state index contributed by atoms with van der Waals surface area (Å²) in [5.41, 5.74) is 1.35. The van der Waals surface area contributed by atoms with Gasteiger partial charge in [-0.25, -0.2) is 4.79 Å². The van der Waals surface area contributed by atoms with E-state index in [2.05, 4.69) is 10.4 Å². The molecule has 0 bridgehead atoms. The van der Waals surface area contributed by atoms with Crippen LogP contribution in [0.15, 0.2) is 36.5 Å². The minimum atomic E-state index is -0.820. The monoisotopic (exact) mass is 271 g/mol. The van der Waals surface area contributed by atoms with Gasteiger partial charge in [-0.15, -0.1) is 0 Å². The highest BCUT2D eigenvalue weighted by atomic mass is 16.5. The standard InChI is InChI=1S/C14H13N3O3/c1-17-7-6-12(16-17)15-13(18)11-8-9-4-2-3-5-10(9)14(19)20-11/h2-7,11H,8H2,1H3,(H,15,16,18). The lowest BCUT2D eigenvalue weighted by Crippen LogP contribution is -2.38. The lowest BCUT2D eigenvalue weighted by molar-refractivity contribution is -0.125. The second-order valence-electron chi connectivity index (χ2n) is 4.62. The number of carbonyl (C=O) groups is 2. The Morgan fingerprint density at radius 3 is 2.95 bits per heavy atom. The van der Waals surface area contributed by atoms with E-state index in [-0.39, 0.29) is 5.91 Å². The Balaban J connectivity index is 1.76. The first kappa shape index (κ1) is 12.4. The summed E-state index contributed by atoms with van der Waals surface area (Å²) in [5.74, 6) is -0.396. The summed E-state index contributed by atoms with van der Waals surface area (Å²) in [6.45, 7) is 0. The van der Waals surface area contributed by atoms with Gasteiger partial charge >= 0.3 is 5.97 Å². The van der Waals surface area contributed by atoms with E-state index in [1.54, 1.807) is 36.1 Å². The summed E-state index contributed by atoms with van der Waals surface area (Å²) in [7, 11) is 1.76. The Labute approximate surface area is 115 Å². The summed E-state index contributed by atoms with van der Waals surface area (Å²) < 4.78 is 6.75. The number of carbonyl (C=O) groups excluding carboxylic acids is 2. The minimum absolute atomic E-state index is 0.369. The fourth-order valence-corrected chi connectivity index (χ4v) is 2.17. The second kappa shape index (κ2) is 4.80. The molecule has 2 heterocycles. The lowest BCUT2D eigenvalue weighted by atomic mass is 9.98. The third-order valence-electron chi connectivity index (χ3n) is 3.15. The Hall–Kier alpha value is -2.63. The number of rotatable bonds is 2. The molecule has 1 unspecified atom stereocenters. The predicted octanol–water partition coefficient (Wildman–Crippen LogP) is 1.14. The van der Waals surface area contributed by atoms with Crippen LogP contribution in [0.3, 0.4) is 0 Å². The van der Waals surface area contributed by atoms with Gasteiger partial charge in [0.2, 0.25) is 0 Å². The molecule has 6 nitrogen and oxygen atoms in total. The molecule has 1 aliphatic rings. The molecular weight excluding hydrogens is 258 g/mol. The predicted molar refractivity (Wildman–Crippen MR) is 71.2 cm³/mol. The average molecular weight is 271 g/mol. The van der Waals surface area contributed by atoms with Crippen molar-refractivity contribution in [3.05, 3.63) is 47.7 Å². The van der Waals surface area contributed by atoms with Crippen molar-refractivity contribution in [2.24, 2.45) is 7.05 Å². The molecule has 1 aromatic heterocycles. The molecule has 0 fully saturated rings. The van der Waals surface area contributed by atoms with Crippen LogP contribution in [0.5, 0.6) is 0 Å². The minimum Gasteiger partial charge on any atom is -0.448 e. The molecule has 0 saturated carbocycles. The second-order valence-corrected chi connectivity index (χ2v) is 4.62. The molecule has 1 atom stereocenters. The molecule has 0 aliphatic carbocycles. The number of anilines is 1. The van der Waals surface area contributed by atoms with Crippen LogP contribution in [0.25, 0.3) is 0 Å². The van der Waals surface area contributed by atoms with Crippen LogP contribution in [0.1, 0.15) is 15.9 Å². The van der Waals surface area contributed by atoms with Crippen molar-refractivity contribution in [1.29, 1.82) is 0 Å². The summed E-state index contributed by atoms with van der Waals surface area (Å²) >= 11 is 0. The molecule has 0 radical (unpaired) electrons. The van der Waals surface area contributed by atoms with Gasteiger partial charge < -0.3 is 10.1 Å². The molecular formula is C14H13N3O3. The number of nitrogens with zero attached hydrogens (tertiary/aromatic N) is 2. The summed E-state index contributed by atoms with van der Waals surface area (Å²) in [4.78, 5) is 23.9. The van der Waals surface area contributed by atoms with E-state index in [9.17, 15) is 9.59 Å². The molecule has 6 heteroatoms. The molecule has 0 spiro atoms. The SMILES string of the molecule is Cn1ccc(NC(=O)C2Cc3ccccc3C(=O)O2)n1. The van der Waals surface area contributed by atoms with Crippen LogP contribution in [0, 0.1) is 0 Å². The van der Waals surface area contributed by atoms with Gasteiger partial charge in [0.25, 0.3) is 5.91 Å². The maximum atomic E-state index is 12.1. The normalized spacial score (nSPS) is 17.2. The smallest absolute Gasteiger partial charge is 0.339 e. The zero-order valence-electron chi connectivity index (χ0n) is 10.9. The van der Waals surface area contributed by atoms with E-state index in [4.69, 9.17) is 4.74 Å². The van der Waals surface area contributed by atoms with E-state index < -0.39 is 12.1 Å². The number of amides is 1. The van der Waals surface area contributed by atoms with Gasteiger partial charge in [0.05, 0.1) is 5.56 Å². The van der Waals surface area contributed by atoms with E-state index in [0.717, 1.165) is 5.56 Å². The summed E-state index contributed by atoms with van der Waals surface area (Å²) in [6, 6.07) is 8.82. The first-order chi connectivity index (χ1) is 9.63. The van der Waals surface area contributed by atoms with Crippen molar-refractivity contribution in [3.8, 4) is 0 Å². The number of nitrogens with one attached hydrogen (secondary N) is 1. The topological polar surface area (TPSA) is 73.2 Å². The maximum Gasteiger partial charge on any atom is 0.339 e. The highest BCUT2D eigenvalue weighted by Gasteiger charge is 2.31. The number of fused-ring (bicyclic) bond motifs is 1. The van der Waals surface area contributed by atoms with E-state index in [1.165, 1.54) is 0 Å². The van der Waals surface area contributed by atoms with Crippen molar-refractivity contribution >= 4 is 17.7 Å². The zero-order chi connectivity index (χ0) is 14.1. The first-order valence-corrected chi connectivity index (χ1v) is 6.23. The van der Waals surface area contributed by atoms with Crippen molar-refractivity contribution in [2.45, 2.75) is 12.5 Å². The average Bonchev–Trinajstić information content (AvgIpc) is 2.84. The lowest BCUT2D eigenvalue weighted by Gasteiger charge is -2.23. The van der Waals surface area contributed by atoms with Gasteiger partial charge in [-0.3, -0.25) is 9.48 Å². The van der Waals surface area contributed by atoms with Crippen LogP contribution < -0.4 is 5.32 Å². The molecule has 1 N–H and O–H groups in total. The molecule has 0 saturated heterocycles. The number of hydrogen-bond acceptors (Lipinski definition) is 4. The third-order valence-corrected chi connectivity index (χ3v) is 3.15. The largest absolute Gasteiger partial charge is 0.448 e. The van der Waals surface area contributed by atoms with Crippen molar-refractivity contribution in [3.63, 3.8) is 0 Å². The Morgan fingerprint density at radius 1 is 1.40 bits per heavy atom. The number of hydrogen-bond donors (Lipinski definition) is 1. The molecule has 1 aromatic carbocycles. The quantitative estimate of drug-likeness (QED) is 0.831. The van der Waals surface area contributed by atoms with Crippen LogP contribution in [-0.4, -0.2) is 27.8 Å². The fraction of sp³-hybridized carbons (Fsp3) is 0.214. The van der Waals surface area contributed by atoms with Crippen molar-refractivity contribution in [2.75, 3.05) is 5.32 Å². The molecule has 20 heavy (non-hydrogen) atoms. The molecule has 2 aromatic rings. The molecule has 1 aliphatic heterocycles. The Morgan fingerprint density at radius 2 is 2.20 bits per heavy atom. The van der Waals surface area contributed by atoms with E-state index in [0.29, 0.717) is 17.8 Å². The van der Waals surface area contributed by atoms with Crippen LogP contribution >= 0.6 is 0 Å².